The van der Waals surface area contributed by atoms with Crippen molar-refractivity contribution in [2.75, 3.05) is 25.1 Å². The Hall–Kier alpha value is -3.02. The molecule has 0 unspecified atom stereocenters. The van der Waals surface area contributed by atoms with Crippen molar-refractivity contribution >= 4 is 17.6 Å². The molecule has 0 aliphatic carbocycles. The fourth-order valence-electron chi connectivity index (χ4n) is 2.63. The standard InChI is InChI=1S/C20H21NO5/c1-13-4-3-5-16(14(13)2)21-19(22)12-26-20(23)11-15-6-7-17-18(10-15)25-9-8-24-17/h3-7,10H,8-9,11-12H2,1-2H3,(H,21,22). The minimum atomic E-state index is -0.474. The van der Waals surface area contributed by atoms with Crippen LogP contribution in [0.15, 0.2) is 36.4 Å². The van der Waals surface area contributed by atoms with Crippen molar-refractivity contribution in [3.05, 3.63) is 53.1 Å². The Bertz CT molecular complexity index is 831. The van der Waals surface area contributed by atoms with Crippen molar-refractivity contribution in [2.45, 2.75) is 20.3 Å². The van der Waals surface area contributed by atoms with Gasteiger partial charge in [0.1, 0.15) is 13.2 Å². The number of aryl methyl sites for hydroxylation is 1. The number of benzene rings is 2. The molecule has 0 spiro atoms. The fraction of sp³-hybridized carbons (Fsp3) is 0.300. The molecule has 2 aromatic rings. The van der Waals surface area contributed by atoms with Gasteiger partial charge in [0.05, 0.1) is 6.42 Å². The molecule has 0 atom stereocenters. The third-order valence-corrected chi connectivity index (χ3v) is 4.20. The van der Waals surface area contributed by atoms with Crippen LogP contribution in [0.5, 0.6) is 11.5 Å². The highest BCUT2D eigenvalue weighted by atomic mass is 16.6. The topological polar surface area (TPSA) is 73.9 Å². The second-order valence-corrected chi connectivity index (χ2v) is 6.11. The first-order valence-electron chi connectivity index (χ1n) is 8.43. The van der Waals surface area contributed by atoms with E-state index in [1.807, 2.05) is 32.0 Å². The number of amides is 1. The van der Waals surface area contributed by atoms with Crippen molar-refractivity contribution in [3.63, 3.8) is 0 Å². The zero-order valence-electron chi connectivity index (χ0n) is 14.8. The molecule has 26 heavy (non-hydrogen) atoms. The maximum atomic E-state index is 12.0. The number of carbonyl (C=O) groups excluding carboxylic acids is 2. The van der Waals surface area contributed by atoms with Crippen LogP contribution in [-0.4, -0.2) is 31.7 Å². The Labute approximate surface area is 152 Å². The zero-order valence-corrected chi connectivity index (χ0v) is 14.8. The predicted octanol–water partition coefficient (Wildman–Crippen LogP) is 2.80. The van der Waals surface area contributed by atoms with E-state index in [-0.39, 0.29) is 18.9 Å². The Morgan fingerprint density at radius 1 is 1.08 bits per heavy atom. The number of ether oxygens (including phenoxy) is 3. The zero-order chi connectivity index (χ0) is 18.5. The SMILES string of the molecule is Cc1cccc(NC(=O)COC(=O)Cc2ccc3c(c2)OCCO3)c1C. The maximum absolute atomic E-state index is 12.0. The molecule has 1 amide bonds. The van der Waals surface area contributed by atoms with Crippen LogP contribution in [-0.2, 0) is 20.7 Å². The van der Waals surface area contributed by atoms with Crippen LogP contribution in [0, 0.1) is 13.8 Å². The number of carbonyl (C=O) groups is 2. The third-order valence-electron chi connectivity index (χ3n) is 4.20. The molecule has 1 heterocycles. The lowest BCUT2D eigenvalue weighted by atomic mass is 10.1. The number of rotatable bonds is 5. The molecule has 0 radical (unpaired) electrons. The van der Waals surface area contributed by atoms with Crippen LogP contribution in [0.2, 0.25) is 0 Å². The van der Waals surface area contributed by atoms with Gasteiger partial charge < -0.3 is 19.5 Å². The van der Waals surface area contributed by atoms with E-state index < -0.39 is 5.97 Å². The predicted molar refractivity (Wildman–Crippen MR) is 96.6 cm³/mol. The second-order valence-electron chi connectivity index (χ2n) is 6.11. The van der Waals surface area contributed by atoms with Crippen molar-refractivity contribution in [3.8, 4) is 11.5 Å². The van der Waals surface area contributed by atoms with Crippen molar-refractivity contribution in [2.24, 2.45) is 0 Å². The summed E-state index contributed by atoms with van der Waals surface area (Å²) in [5.41, 5.74) is 3.54. The highest BCUT2D eigenvalue weighted by Gasteiger charge is 2.14. The van der Waals surface area contributed by atoms with Crippen LogP contribution in [0.25, 0.3) is 0 Å². The Balaban J connectivity index is 1.51. The number of fused-ring (bicyclic) bond motifs is 1. The summed E-state index contributed by atoms with van der Waals surface area (Å²) in [4.78, 5) is 24.0. The van der Waals surface area contributed by atoms with E-state index in [9.17, 15) is 9.59 Å². The monoisotopic (exact) mass is 355 g/mol. The van der Waals surface area contributed by atoms with E-state index in [0.717, 1.165) is 22.4 Å². The quantitative estimate of drug-likeness (QED) is 0.835. The molecule has 0 saturated carbocycles. The summed E-state index contributed by atoms with van der Waals surface area (Å²) in [7, 11) is 0. The molecule has 136 valence electrons. The van der Waals surface area contributed by atoms with E-state index in [1.165, 1.54) is 0 Å². The van der Waals surface area contributed by atoms with Gasteiger partial charge in [-0.3, -0.25) is 9.59 Å². The Morgan fingerprint density at radius 3 is 2.65 bits per heavy atom. The van der Waals surface area contributed by atoms with E-state index in [2.05, 4.69) is 5.32 Å². The molecule has 0 bridgehead atoms. The summed E-state index contributed by atoms with van der Waals surface area (Å²) in [5, 5.41) is 2.76. The van der Waals surface area contributed by atoms with Gasteiger partial charge in [-0.25, -0.2) is 0 Å². The largest absolute Gasteiger partial charge is 0.486 e. The lowest BCUT2D eigenvalue weighted by Crippen LogP contribution is -2.22. The number of hydrogen-bond donors (Lipinski definition) is 1. The molecule has 1 aliphatic rings. The number of nitrogens with one attached hydrogen (secondary N) is 1. The molecule has 0 fully saturated rings. The third kappa shape index (κ3) is 4.33. The molecule has 0 aromatic heterocycles. The van der Waals surface area contributed by atoms with Gasteiger partial charge in [-0.05, 0) is 48.7 Å². The summed E-state index contributed by atoms with van der Waals surface area (Å²) in [5.74, 6) is 0.447. The Morgan fingerprint density at radius 2 is 1.85 bits per heavy atom. The molecule has 0 saturated heterocycles. The number of anilines is 1. The smallest absolute Gasteiger partial charge is 0.310 e. The molecular weight excluding hydrogens is 334 g/mol. The highest BCUT2D eigenvalue weighted by Crippen LogP contribution is 2.30. The van der Waals surface area contributed by atoms with Crippen molar-refractivity contribution < 1.29 is 23.8 Å². The van der Waals surface area contributed by atoms with Gasteiger partial charge in [0.25, 0.3) is 5.91 Å². The maximum Gasteiger partial charge on any atom is 0.310 e. The van der Waals surface area contributed by atoms with Gasteiger partial charge >= 0.3 is 5.97 Å². The average Bonchev–Trinajstić information content (AvgIpc) is 2.64. The van der Waals surface area contributed by atoms with E-state index in [1.54, 1.807) is 18.2 Å². The first-order valence-corrected chi connectivity index (χ1v) is 8.43. The molecule has 6 heteroatoms. The summed E-state index contributed by atoms with van der Waals surface area (Å²) < 4.78 is 16.0. The van der Waals surface area contributed by atoms with Gasteiger partial charge in [0, 0.05) is 5.69 Å². The summed E-state index contributed by atoms with van der Waals surface area (Å²) in [6.45, 7) is 4.58. The van der Waals surface area contributed by atoms with Gasteiger partial charge in [-0.1, -0.05) is 18.2 Å². The fourth-order valence-corrected chi connectivity index (χ4v) is 2.63. The molecule has 2 aromatic carbocycles. The number of esters is 1. The van der Waals surface area contributed by atoms with E-state index in [4.69, 9.17) is 14.2 Å². The van der Waals surface area contributed by atoms with Gasteiger partial charge in [-0.15, -0.1) is 0 Å². The Kier molecular flexibility index (Phi) is 5.41. The van der Waals surface area contributed by atoms with Crippen molar-refractivity contribution in [1.82, 2.24) is 0 Å². The summed E-state index contributed by atoms with van der Waals surface area (Å²) >= 11 is 0. The molecule has 3 rings (SSSR count). The van der Waals surface area contributed by atoms with E-state index >= 15 is 0 Å². The first kappa shape index (κ1) is 17.8. The minimum Gasteiger partial charge on any atom is -0.486 e. The van der Waals surface area contributed by atoms with Gasteiger partial charge in [0.2, 0.25) is 0 Å². The molecule has 1 aliphatic heterocycles. The minimum absolute atomic E-state index is 0.0629. The lowest BCUT2D eigenvalue weighted by Gasteiger charge is -2.18. The van der Waals surface area contributed by atoms with Crippen LogP contribution in [0.3, 0.4) is 0 Å². The molecular formula is C20H21NO5. The normalized spacial score (nSPS) is 12.4. The van der Waals surface area contributed by atoms with Crippen LogP contribution < -0.4 is 14.8 Å². The van der Waals surface area contributed by atoms with Crippen molar-refractivity contribution in [1.29, 1.82) is 0 Å². The van der Waals surface area contributed by atoms with Crippen LogP contribution >= 0.6 is 0 Å². The molecule has 6 nitrogen and oxygen atoms in total. The second kappa shape index (κ2) is 7.91. The first-order chi connectivity index (χ1) is 12.5. The van der Waals surface area contributed by atoms with Gasteiger partial charge in [0.15, 0.2) is 18.1 Å². The lowest BCUT2D eigenvalue weighted by molar-refractivity contribution is -0.146. The van der Waals surface area contributed by atoms with Crippen LogP contribution in [0.4, 0.5) is 5.69 Å². The van der Waals surface area contributed by atoms with Crippen LogP contribution in [0.1, 0.15) is 16.7 Å². The molecule has 1 N–H and O–H groups in total. The van der Waals surface area contributed by atoms with Gasteiger partial charge in [-0.2, -0.15) is 0 Å². The van der Waals surface area contributed by atoms with E-state index in [0.29, 0.717) is 24.7 Å². The summed E-state index contributed by atoms with van der Waals surface area (Å²) in [6, 6.07) is 11.0. The highest BCUT2D eigenvalue weighted by molar-refractivity contribution is 5.93. The average molecular weight is 355 g/mol. The number of hydrogen-bond acceptors (Lipinski definition) is 5. The summed E-state index contributed by atoms with van der Waals surface area (Å²) in [6.07, 6.45) is 0.0629.